The van der Waals surface area contributed by atoms with E-state index in [0.717, 1.165) is 0 Å². The van der Waals surface area contributed by atoms with Gasteiger partial charge in [-0.2, -0.15) is 0 Å². The van der Waals surface area contributed by atoms with Gasteiger partial charge in [0.15, 0.2) is 5.66 Å². The lowest BCUT2D eigenvalue weighted by molar-refractivity contribution is -0.137. The Balaban J connectivity index is 2.40. The molecule has 6 nitrogen and oxygen atoms in total. The maximum Gasteiger partial charge on any atom is 0.264 e. The highest BCUT2D eigenvalue weighted by molar-refractivity contribution is 6.02. The van der Waals surface area contributed by atoms with Gasteiger partial charge in [-0.05, 0) is 0 Å². The Labute approximate surface area is 74.1 Å². The van der Waals surface area contributed by atoms with E-state index in [9.17, 15) is 14.4 Å². The average Bonchev–Trinajstić information content (AvgIpc) is 2.51. The third kappa shape index (κ3) is 0.851. The van der Waals surface area contributed by atoms with Crippen molar-refractivity contribution < 1.29 is 14.4 Å². The van der Waals surface area contributed by atoms with Gasteiger partial charge in [0.1, 0.15) is 6.54 Å². The van der Waals surface area contributed by atoms with E-state index in [4.69, 9.17) is 5.73 Å². The van der Waals surface area contributed by atoms with Gasteiger partial charge in [0, 0.05) is 12.8 Å². The van der Waals surface area contributed by atoms with Crippen molar-refractivity contribution in [1.29, 1.82) is 0 Å². The number of amides is 3. The first kappa shape index (κ1) is 8.03. The number of hydrogen-bond donors (Lipinski definition) is 2. The Kier molecular flexibility index (Phi) is 1.37. The fraction of sp³-hybridized carbons (Fsp3) is 0.571. The molecule has 0 radical (unpaired) electrons. The van der Waals surface area contributed by atoms with Crippen molar-refractivity contribution in [3.05, 3.63) is 0 Å². The zero-order valence-electron chi connectivity index (χ0n) is 6.87. The topological polar surface area (TPSA) is 92.5 Å². The number of carbonyl (C=O) groups is 3. The maximum absolute atomic E-state index is 11.2. The first-order valence-electron chi connectivity index (χ1n) is 3.98. The van der Waals surface area contributed by atoms with Gasteiger partial charge in [0.05, 0.1) is 0 Å². The summed E-state index contributed by atoms with van der Waals surface area (Å²) in [5.74, 6) is -1.19. The molecular formula is C7H9N3O3. The van der Waals surface area contributed by atoms with E-state index in [1.165, 1.54) is 4.90 Å². The van der Waals surface area contributed by atoms with Crippen LogP contribution in [0, 0.1) is 0 Å². The van der Waals surface area contributed by atoms with Gasteiger partial charge in [-0.15, -0.1) is 0 Å². The predicted octanol–water partition coefficient (Wildman–Crippen LogP) is -2.08. The summed E-state index contributed by atoms with van der Waals surface area (Å²) in [5.41, 5.74) is 3.92. The number of fused-ring (bicyclic) bond motifs is 1. The van der Waals surface area contributed by atoms with Crippen molar-refractivity contribution in [1.82, 2.24) is 10.2 Å². The first-order chi connectivity index (χ1) is 6.06. The number of rotatable bonds is 1. The molecule has 0 saturated carbocycles. The van der Waals surface area contributed by atoms with Gasteiger partial charge >= 0.3 is 0 Å². The van der Waals surface area contributed by atoms with Crippen LogP contribution in [0.1, 0.15) is 12.8 Å². The summed E-state index contributed by atoms with van der Waals surface area (Å²) in [4.78, 5) is 34.6. The van der Waals surface area contributed by atoms with Gasteiger partial charge in [0.25, 0.3) is 5.91 Å². The zero-order valence-corrected chi connectivity index (χ0v) is 6.87. The molecule has 0 aromatic rings. The van der Waals surface area contributed by atoms with E-state index < -0.39 is 11.6 Å². The van der Waals surface area contributed by atoms with Gasteiger partial charge in [-0.1, -0.05) is 0 Å². The van der Waals surface area contributed by atoms with Crippen LogP contribution in [-0.4, -0.2) is 34.8 Å². The number of primary amides is 1. The van der Waals surface area contributed by atoms with Crippen molar-refractivity contribution in [2.24, 2.45) is 5.73 Å². The number of nitrogens with zero attached hydrogens (tertiary/aromatic N) is 1. The minimum Gasteiger partial charge on any atom is -0.366 e. The van der Waals surface area contributed by atoms with Crippen LogP contribution in [0.4, 0.5) is 0 Å². The number of hydrogen-bond acceptors (Lipinski definition) is 3. The lowest BCUT2D eigenvalue weighted by atomic mass is 10.1. The Bertz CT molecular complexity index is 314. The van der Waals surface area contributed by atoms with Crippen LogP contribution in [0.15, 0.2) is 0 Å². The van der Waals surface area contributed by atoms with Crippen LogP contribution < -0.4 is 11.1 Å². The molecule has 0 aliphatic carbocycles. The van der Waals surface area contributed by atoms with Gasteiger partial charge in [0.2, 0.25) is 11.8 Å². The van der Waals surface area contributed by atoms with E-state index in [0.29, 0.717) is 0 Å². The van der Waals surface area contributed by atoms with E-state index in [-0.39, 0.29) is 31.2 Å². The molecule has 70 valence electrons. The second kappa shape index (κ2) is 2.21. The van der Waals surface area contributed by atoms with Crippen LogP contribution in [0.5, 0.6) is 0 Å². The minimum atomic E-state index is -1.23. The van der Waals surface area contributed by atoms with E-state index >= 15 is 0 Å². The average molecular weight is 183 g/mol. The summed E-state index contributed by atoms with van der Waals surface area (Å²) in [6, 6.07) is 0. The Hall–Kier alpha value is -1.59. The molecule has 3 N–H and O–H groups in total. The highest BCUT2D eigenvalue weighted by Gasteiger charge is 2.55. The van der Waals surface area contributed by atoms with Crippen molar-refractivity contribution in [2.75, 3.05) is 6.54 Å². The molecule has 13 heavy (non-hydrogen) atoms. The summed E-state index contributed by atoms with van der Waals surface area (Å²) >= 11 is 0. The highest BCUT2D eigenvalue weighted by atomic mass is 16.2. The molecule has 0 aromatic heterocycles. The van der Waals surface area contributed by atoms with Crippen molar-refractivity contribution in [3.63, 3.8) is 0 Å². The predicted molar refractivity (Wildman–Crippen MR) is 41.0 cm³/mol. The molecule has 2 fully saturated rings. The van der Waals surface area contributed by atoms with E-state index in [1.807, 2.05) is 0 Å². The zero-order chi connectivity index (χ0) is 9.64. The second-order valence-electron chi connectivity index (χ2n) is 3.25. The summed E-state index contributed by atoms with van der Waals surface area (Å²) in [6.45, 7) is -0.0538. The fourth-order valence-electron chi connectivity index (χ4n) is 1.86. The lowest BCUT2D eigenvalue weighted by Gasteiger charge is -2.26. The standard InChI is InChI=1S/C7H9N3O3/c8-6(13)7-2-1-5(12)10(7)3-4(11)9-7/h1-3H2,(H2,8,13)(H,9,11)/t7-/m1/s1. The van der Waals surface area contributed by atoms with Crippen LogP contribution in [0.2, 0.25) is 0 Å². The van der Waals surface area contributed by atoms with Gasteiger partial charge in [-0.25, -0.2) is 0 Å². The molecule has 0 aromatic carbocycles. The summed E-state index contributed by atoms with van der Waals surface area (Å²) in [5, 5.41) is 2.45. The highest BCUT2D eigenvalue weighted by Crippen LogP contribution is 2.30. The molecule has 2 rings (SSSR count). The van der Waals surface area contributed by atoms with Crippen LogP contribution in [0.25, 0.3) is 0 Å². The lowest BCUT2D eigenvalue weighted by Crippen LogP contribution is -2.58. The smallest absolute Gasteiger partial charge is 0.264 e. The fourth-order valence-corrected chi connectivity index (χ4v) is 1.86. The monoisotopic (exact) mass is 183 g/mol. The summed E-state index contributed by atoms with van der Waals surface area (Å²) < 4.78 is 0. The SMILES string of the molecule is NC(=O)[C@@]12CCC(=O)N1CC(=O)N2. The normalized spacial score (nSPS) is 31.8. The molecule has 6 heteroatoms. The van der Waals surface area contributed by atoms with Crippen LogP contribution in [-0.2, 0) is 14.4 Å². The Morgan fingerprint density at radius 3 is 2.77 bits per heavy atom. The molecular weight excluding hydrogens is 174 g/mol. The second-order valence-corrected chi connectivity index (χ2v) is 3.25. The van der Waals surface area contributed by atoms with Gasteiger partial charge < -0.3 is 16.0 Å². The number of nitrogens with one attached hydrogen (secondary N) is 1. The molecule has 0 unspecified atom stereocenters. The van der Waals surface area contributed by atoms with Gasteiger partial charge in [-0.3, -0.25) is 14.4 Å². The molecule has 1 atom stereocenters. The summed E-state index contributed by atoms with van der Waals surface area (Å²) in [6.07, 6.45) is 0.552. The Morgan fingerprint density at radius 2 is 2.23 bits per heavy atom. The van der Waals surface area contributed by atoms with Crippen molar-refractivity contribution in [3.8, 4) is 0 Å². The number of carbonyl (C=O) groups excluding carboxylic acids is 3. The largest absolute Gasteiger partial charge is 0.366 e. The third-order valence-electron chi connectivity index (χ3n) is 2.52. The van der Waals surface area contributed by atoms with E-state index in [2.05, 4.69) is 5.32 Å². The molecule has 0 bridgehead atoms. The number of nitrogens with two attached hydrogens (primary N) is 1. The summed E-state index contributed by atoms with van der Waals surface area (Å²) in [7, 11) is 0. The third-order valence-corrected chi connectivity index (χ3v) is 2.52. The minimum absolute atomic E-state index is 0.0538. The molecule has 2 aliphatic rings. The Morgan fingerprint density at radius 1 is 1.54 bits per heavy atom. The maximum atomic E-state index is 11.2. The molecule has 2 heterocycles. The van der Waals surface area contributed by atoms with E-state index in [1.54, 1.807) is 0 Å². The van der Waals surface area contributed by atoms with Crippen molar-refractivity contribution >= 4 is 17.7 Å². The quantitative estimate of drug-likeness (QED) is 0.488. The molecule has 0 spiro atoms. The van der Waals surface area contributed by atoms with Crippen LogP contribution >= 0.6 is 0 Å². The van der Waals surface area contributed by atoms with Crippen molar-refractivity contribution in [2.45, 2.75) is 18.5 Å². The first-order valence-corrected chi connectivity index (χ1v) is 3.98. The van der Waals surface area contributed by atoms with Crippen LogP contribution in [0.3, 0.4) is 0 Å². The molecule has 2 aliphatic heterocycles. The molecule has 3 amide bonds. The molecule has 2 saturated heterocycles.